The van der Waals surface area contributed by atoms with E-state index in [1.807, 2.05) is 39.0 Å². The normalized spacial score (nSPS) is 12.0. The summed E-state index contributed by atoms with van der Waals surface area (Å²) in [5.74, 6) is 0.598. The molecule has 0 fully saturated rings. The number of rotatable bonds is 6. The van der Waals surface area contributed by atoms with Crippen LogP contribution in [-0.4, -0.2) is 30.3 Å². The number of para-hydroxylation sites is 1. The number of hydrogen-bond acceptors (Lipinski definition) is 3. The third-order valence-electron chi connectivity index (χ3n) is 2.73. The Labute approximate surface area is 108 Å². The fraction of sp³-hybridized carbons (Fsp3) is 0.500. The zero-order valence-corrected chi connectivity index (χ0v) is 11.2. The monoisotopic (exact) mass is 251 g/mol. The fourth-order valence-corrected chi connectivity index (χ4v) is 1.75. The lowest BCUT2D eigenvalue weighted by molar-refractivity contribution is -0.123. The third kappa shape index (κ3) is 4.37. The van der Waals surface area contributed by atoms with E-state index in [4.69, 9.17) is 9.84 Å². The number of aliphatic hydroxyl groups excluding tert-OH is 1. The Balaban J connectivity index is 2.48. The van der Waals surface area contributed by atoms with Crippen molar-refractivity contribution in [3.05, 3.63) is 29.3 Å². The van der Waals surface area contributed by atoms with Crippen LogP contribution in [0, 0.1) is 13.8 Å². The maximum Gasteiger partial charge on any atom is 0.258 e. The summed E-state index contributed by atoms with van der Waals surface area (Å²) in [4.78, 5) is 11.6. The van der Waals surface area contributed by atoms with E-state index in [0.717, 1.165) is 16.9 Å². The van der Waals surface area contributed by atoms with Gasteiger partial charge in [0.15, 0.2) is 6.61 Å². The van der Waals surface area contributed by atoms with Crippen LogP contribution in [-0.2, 0) is 4.79 Å². The van der Waals surface area contributed by atoms with Gasteiger partial charge in [0.25, 0.3) is 5.91 Å². The van der Waals surface area contributed by atoms with Crippen LogP contribution in [0.15, 0.2) is 18.2 Å². The first-order valence-electron chi connectivity index (χ1n) is 6.13. The van der Waals surface area contributed by atoms with Crippen LogP contribution < -0.4 is 10.1 Å². The number of carbonyl (C=O) groups excluding carboxylic acids is 1. The molecule has 1 amide bonds. The van der Waals surface area contributed by atoms with Gasteiger partial charge in [-0.2, -0.15) is 0 Å². The van der Waals surface area contributed by atoms with Gasteiger partial charge in [-0.3, -0.25) is 4.79 Å². The number of carbonyl (C=O) groups is 1. The summed E-state index contributed by atoms with van der Waals surface area (Å²) >= 11 is 0. The summed E-state index contributed by atoms with van der Waals surface area (Å²) in [6.45, 7) is 5.83. The van der Waals surface area contributed by atoms with Gasteiger partial charge in [0.05, 0.1) is 0 Å². The van der Waals surface area contributed by atoms with Crippen molar-refractivity contribution in [3.63, 3.8) is 0 Å². The molecule has 0 aliphatic carbocycles. The van der Waals surface area contributed by atoms with Crippen molar-refractivity contribution in [1.29, 1.82) is 0 Å². The SMILES string of the molecule is Cc1cccc(C)c1OCC(=O)N[C@H](C)CCO. The van der Waals surface area contributed by atoms with Gasteiger partial charge in [-0.05, 0) is 38.3 Å². The average Bonchev–Trinajstić information content (AvgIpc) is 2.28. The summed E-state index contributed by atoms with van der Waals surface area (Å²) in [7, 11) is 0. The van der Waals surface area contributed by atoms with Crippen molar-refractivity contribution in [2.75, 3.05) is 13.2 Å². The second kappa shape index (κ2) is 7.01. The average molecular weight is 251 g/mol. The first kappa shape index (κ1) is 14.5. The van der Waals surface area contributed by atoms with Gasteiger partial charge in [-0.25, -0.2) is 0 Å². The molecule has 0 unspecified atom stereocenters. The standard InChI is InChI=1S/C14H21NO3/c1-10-5-4-6-11(2)14(10)18-9-13(17)15-12(3)7-8-16/h4-6,12,16H,7-9H2,1-3H3,(H,15,17)/t12-/m1/s1. The lowest BCUT2D eigenvalue weighted by Crippen LogP contribution is -2.36. The van der Waals surface area contributed by atoms with Gasteiger partial charge in [-0.1, -0.05) is 18.2 Å². The topological polar surface area (TPSA) is 58.6 Å². The van der Waals surface area contributed by atoms with E-state index in [9.17, 15) is 4.79 Å². The number of hydrogen-bond donors (Lipinski definition) is 2. The van der Waals surface area contributed by atoms with Gasteiger partial charge >= 0.3 is 0 Å². The van der Waals surface area contributed by atoms with Crippen LogP contribution in [0.25, 0.3) is 0 Å². The number of aryl methyl sites for hydroxylation is 2. The van der Waals surface area contributed by atoms with Crippen LogP contribution in [0.2, 0.25) is 0 Å². The zero-order chi connectivity index (χ0) is 13.5. The number of aliphatic hydroxyl groups is 1. The molecule has 0 heterocycles. The van der Waals surface area contributed by atoms with Gasteiger partial charge in [0.2, 0.25) is 0 Å². The Morgan fingerprint density at radius 2 is 2.00 bits per heavy atom. The summed E-state index contributed by atoms with van der Waals surface area (Å²) < 4.78 is 5.53. The molecule has 1 aromatic carbocycles. The molecule has 0 radical (unpaired) electrons. The highest BCUT2D eigenvalue weighted by atomic mass is 16.5. The molecular weight excluding hydrogens is 230 g/mol. The molecule has 4 heteroatoms. The van der Waals surface area contributed by atoms with Crippen molar-refractivity contribution < 1.29 is 14.6 Å². The maximum absolute atomic E-state index is 11.6. The Kier molecular flexibility index (Phi) is 5.65. The Bertz CT molecular complexity index is 384. The van der Waals surface area contributed by atoms with Crippen LogP contribution in [0.1, 0.15) is 24.5 Å². The molecule has 2 N–H and O–H groups in total. The molecule has 0 aromatic heterocycles. The number of amides is 1. The van der Waals surface area contributed by atoms with Gasteiger partial charge < -0.3 is 15.2 Å². The van der Waals surface area contributed by atoms with Crippen molar-refractivity contribution in [2.45, 2.75) is 33.2 Å². The molecule has 100 valence electrons. The van der Waals surface area contributed by atoms with Gasteiger partial charge in [0, 0.05) is 12.6 Å². The van der Waals surface area contributed by atoms with E-state index in [1.165, 1.54) is 0 Å². The minimum Gasteiger partial charge on any atom is -0.483 e. The first-order valence-corrected chi connectivity index (χ1v) is 6.13. The van der Waals surface area contributed by atoms with Crippen molar-refractivity contribution in [2.24, 2.45) is 0 Å². The van der Waals surface area contributed by atoms with E-state index in [-0.39, 0.29) is 25.2 Å². The number of nitrogens with one attached hydrogen (secondary N) is 1. The largest absolute Gasteiger partial charge is 0.483 e. The molecule has 1 aromatic rings. The molecule has 0 bridgehead atoms. The number of ether oxygens (including phenoxy) is 1. The molecule has 0 saturated heterocycles. The second-order valence-electron chi connectivity index (χ2n) is 4.49. The Hall–Kier alpha value is -1.55. The van der Waals surface area contributed by atoms with Crippen LogP contribution in [0.3, 0.4) is 0 Å². The van der Waals surface area contributed by atoms with E-state index < -0.39 is 0 Å². The van der Waals surface area contributed by atoms with Crippen molar-refractivity contribution in [3.8, 4) is 5.75 Å². The van der Waals surface area contributed by atoms with Crippen LogP contribution >= 0.6 is 0 Å². The van der Waals surface area contributed by atoms with E-state index in [1.54, 1.807) is 0 Å². The molecule has 0 aliphatic rings. The molecule has 4 nitrogen and oxygen atoms in total. The zero-order valence-electron chi connectivity index (χ0n) is 11.2. The van der Waals surface area contributed by atoms with Gasteiger partial charge in [-0.15, -0.1) is 0 Å². The minimum absolute atomic E-state index is 0.00145. The quantitative estimate of drug-likeness (QED) is 0.807. The molecule has 0 saturated carbocycles. The highest BCUT2D eigenvalue weighted by Gasteiger charge is 2.09. The molecule has 0 aliphatic heterocycles. The van der Waals surface area contributed by atoms with Crippen LogP contribution in [0.4, 0.5) is 0 Å². The maximum atomic E-state index is 11.6. The first-order chi connectivity index (χ1) is 8.54. The lowest BCUT2D eigenvalue weighted by atomic mass is 10.1. The Morgan fingerprint density at radius 3 is 2.56 bits per heavy atom. The highest BCUT2D eigenvalue weighted by molar-refractivity contribution is 5.77. The molecule has 18 heavy (non-hydrogen) atoms. The van der Waals surface area contributed by atoms with E-state index in [2.05, 4.69) is 5.32 Å². The summed E-state index contributed by atoms with van der Waals surface area (Å²) in [6.07, 6.45) is 0.551. The fourth-order valence-electron chi connectivity index (χ4n) is 1.75. The highest BCUT2D eigenvalue weighted by Crippen LogP contribution is 2.21. The summed E-state index contributed by atoms with van der Waals surface area (Å²) in [5.41, 5.74) is 2.04. The van der Waals surface area contributed by atoms with Crippen molar-refractivity contribution in [1.82, 2.24) is 5.32 Å². The molecule has 0 spiro atoms. The van der Waals surface area contributed by atoms with E-state index >= 15 is 0 Å². The number of benzene rings is 1. The minimum atomic E-state index is -0.168. The van der Waals surface area contributed by atoms with Crippen molar-refractivity contribution >= 4 is 5.91 Å². The smallest absolute Gasteiger partial charge is 0.258 e. The van der Waals surface area contributed by atoms with E-state index in [0.29, 0.717) is 6.42 Å². The Morgan fingerprint density at radius 1 is 1.39 bits per heavy atom. The van der Waals surface area contributed by atoms with Crippen LogP contribution in [0.5, 0.6) is 5.75 Å². The summed E-state index contributed by atoms with van der Waals surface area (Å²) in [5, 5.41) is 11.5. The lowest BCUT2D eigenvalue weighted by Gasteiger charge is -2.14. The predicted octanol–water partition coefficient (Wildman–Crippen LogP) is 1.57. The molecular formula is C14H21NO3. The molecule has 1 rings (SSSR count). The second-order valence-corrected chi connectivity index (χ2v) is 4.49. The third-order valence-corrected chi connectivity index (χ3v) is 2.73. The predicted molar refractivity (Wildman–Crippen MR) is 70.7 cm³/mol. The summed E-state index contributed by atoms with van der Waals surface area (Å²) in [6, 6.07) is 5.83. The van der Waals surface area contributed by atoms with Gasteiger partial charge in [0.1, 0.15) is 5.75 Å². The molecule has 1 atom stereocenters.